The van der Waals surface area contributed by atoms with Gasteiger partial charge in [-0.25, -0.2) is 0 Å². The quantitative estimate of drug-likeness (QED) is 0.931. The summed E-state index contributed by atoms with van der Waals surface area (Å²) in [5, 5.41) is 0.807. The van der Waals surface area contributed by atoms with Crippen molar-refractivity contribution in [3.8, 4) is 5.75 Å². The molecule has 0 bridgehead atoms. The van der Waals surface area contributed by atoms with Crippen LogP contribution in [-0.4, -0.2) is 33.3 Å². The molecular weight excluding hydrogens is 296 g/mol. The summed E-state index contributed by atoms with van der Waals surface area (Å²) >= 11 is 5.94. The van der Waals surface area contributed by atoms with E-state index < -0.39 is 0 Å². The molecule has 0 unspecified atom stereocenters. The first-order valence-corrected chi connectivity index (χ1v) is 8.09. The summed E-state index contributed by atoms with van der Waals surface area (Å²) in [7, 11) is 1.72. The number of nitrogens with one attached hydrogen (secondary N) is 1. The molecule has 22 heavy (non-hydrogen) atoms. The van der Waals surface area contributed by atoms with Crippen LogP contribution < -0.4 is 14.5 Å². The van der Waals surface area contributed by atoms with Crippen molar-refractivity contribution in [3.63, 3.8) is 0 Å². The van der Waals surface area contributed by atoms with Crippen LogP contribution in [0.25, 0.3) is 0 Å². The third-order valence-corrected chi connectivity index (χ3v) is 4.51. The molecule has 1 aliphatic heterocycles. The van der Waals surface area contributed by atoms with Gasteiger partial charge in [0.1, 0.15) is 12.3 Å². The van der Waals surface area contributed by atoms with E-state index in [9.17, 15) is 0 Å². The predicted octanol–water partition coefficient (Wildman–Crippen LogP) is 2.25. The Bertz CT molecular complexity index is 607. The van der Waals surface area contributed by atoms with E-state index in [2.05, 4.69) is 35.2 Å². The van der Waals surface area contributed by atoms with Gasteiger partial charge in [0, 0.05) is 22.3 Å². The van der Waals surface area contributed by atoms with Crippen LogP contribution in [0.5, 0.6) is 5.75 Å². The molecule has 0 atom stereocenters. The van der Waals surface area contributed by atoms with Gasteiger partial charge in [0.05, 0.1) is 33.3 Å². The lowest BCUT2D eigenvalue weighted by atomic mass is 10.2. The monoisotopic (exact) mass is 317 g/mol. The van der Waals surface area contributed by atoms with Gasteiger partial charge in [-0.15, -0.1) is 0 Å². The van der Waals surface area contributed by atoms with Gasteiger partial charge in [-0.3, -0.25) is 0 Å². The van der Waals surface area contributed by atoms with Crippen molar-refractivity contribution in [2.24, 2.45) is 0 Å². The van der Waals surface area contributed by atoms with E-state index >= 15 is 0 Å². The number of rotatable bonds is 4. The predicted molar refractivity (Wildman–Crippen MR) is 91.1 cm³/mol. The van der Waals surface area contributed by atoms with Gasteiger partial charge in [-0.05, 0) is 24.3 Å². The Hall–Kier alpha value is -1.71. The maximum Gasteiger partial charge on any atom is 0.120 e. The summed E-state index contributed by atoms with van der Waals surface area (Å²) in [6.45, 7) is 5.54. The van der Waals surface area contributed by atoms with Crippen LogP contribution in [0, 0.1) is 0 Å². The van der Waals surface area contributed by atoms with Gasteiger partial charge in [0.15, 0.2) is 0 Å². The van der Waals surface area contributed by atoms with E-state index in [0.717, 1.165) is 43.5 Å². The van der Waals surface area contributed by atoms with Crippen LogP contribution in [0.1, 0.15) is 5.56 Å². The average Bonchev–Trinajstić information content (AvgIpc) is 2.58. The second-order valence-corrected chi connectivity index (χ2v) is 6.18. The summed E-state index contributed by atoms with van der Waals surface area (Å²) in [5.74, 6) is 0.924. The first-order valence-electron chi connectivity index (χ1n) is 7.71. The molecule has 1 aliphatic rings. The second kappa shape index (κ2) is 7.03. The van der Waals surface area contributed by atoms with Crippen molar-refractivity contribution in [2.45, 2.75) is 6.54 Å². The van der Waals surface area contributed by atoms with Gasteiger partial charge in [0.25, 0.3) is 0 Å². The zero-order chi connectivity index (χ0) is 15.4. The minimum absolute atomic E-state index is 0.807. The van der Waals surface area contributed by atoms with Crippen molar-refractivity contribution >= 4 is 17.3 Å². The average molecular weight is 318 g/mol. The van der Waals surface area contributed by atoms with E-state index in [0.29, 0.717) is 0 Å². The zero-order valence-electron chi connectivity index (χ0n) is 12.9. The van der Waals surface area contributed by atoms with Gasteiger partial charge in [0.2, 0.25) is 0 Å². The highest BCUT2D eigenvalue weighted by Gasteiger charge is 2.20. The van der Waals surface area contributed by atoms with Crippen LogP contribution in [0.3, 0.4) is 0 Å². The number of quaternary nitrogens is 1. The summed E-state index contributed by atoms with van der Waals surface area (Å²) in [4.78, 5) is 4.06. The molecule has 1 heterocycles. The summed E-state index contributed by atoms with van der Waals surface area (Å²) in [5.41, 5.74) is 2.61. The topological polar surface area (TPSA) is 16.9 Å². The summed E-state index contributed by atoms with van der Waals surface area (Å²) < 4.78 is 5.31. The number of methoxy groups -OCH3 is 1. The van der Waals surface area contributed by atoms with E-state index in [1.165, 1.54) is 11.3 Å². The lowest BCUT2D eigenvalue weighted by molar-refractivity contribution is -0.914. The van der Waals surface area contributed by atoms with Gasteiger partial charge < -0.3 is 14.5 Å². The van der Waals surface area contributed by atoms with Crippen molar-refractivity contribution < 1.29 is 9.64 Å². The fourth-order valence-electron chi connectivity index (χ4n) is 2.96. The molecule has 0 aromatic heterocycles. The number of anilines is 1. The van der Waals surface area contributed by atoms with Crippen LogP contribution in [0.15, 0.2) is 48.5 Å². The van der Waals surface area contributed by atoms with Gasteiger partial charge in [-0.1, -0.05) is 29.8 Å². The number of piperazine rings is 1. The number of hydrogen-bond donors (Lipinski definition) is 1. The minimum atomic E-state index is 0.807. The normalized spacial score (nSPS) is 15.8. The molecule has 4 heteroatoms. The zero-order valence-corrected chi connectivity index (χ0v) is 13.6. The van der Waals surface area contributed by atoms with Crippen LogP contribution in [0.4, 0.5) is 5.69 Å². The second-order valence-electron chi connectivity index (χ2n) is 5.74. The molecule has 0 spiro atoms. The standard InChI is InChI=1S/C18H21ClN2O/c1-22-18-4-2-3-17(13-18)21-11-9-20(10-12-21)14-15-5-7-16(19)8-6-15/h2-8,13H,9-12,14H2,1H3/p+1. The Balaban J connectivity index is 1.56. The Morgan fingerprint density at radius 1 is 1.09 bits per heavy atom. The Morgan fingerprint density at radius 3 is 2.50 bits per heavy atom. The number of benzene rings is 2. The SMILES string of the molecule is COc1cccc(N2CC[NH+](Cc3ccc(Cl)cc3)CC2)c1. The summed E-state index contributed by atoms with van der Waals surface area (Å²) in [6, 6.07) is 16.5. The van der Waals surface area contributed by atoms with Crippen molar-refractivity contribution in [2.75, 3.05) is 38.2 Å². The largest absolute Gasteiger partial charge is 0.497 e. The molecule has 3 nitrogen and oxygen atoms in total. The summed E-state index contributed by atoms with van der Waals surface area (Å²) in [6.07, 6.45) is 0. The molecule has 0 amide bonds. The van der Waals surface area contributed by atoms with Crippen molar-refractivity contribution in [3.05, 3.63) is 59.1 Å². The number of nitrogens with zero attached hydrogens (tertiary/aromatic N) is 1. The number of ether oxygens (including phenoxy) is 1. The third kappa shape index (κ3) is 3.73. The highest BCUT2D eigenvalue weighted by Crippen LogP contribution is 2.20. The molecule has 0 radical (unpaired) electrons. The maximum absolute atomic E-state index is 5.94. The molecule has 2 aromatic carbocycles. The number of halogens is 1. The maximum atomic E-state index is 5.94. The Kier molecular flexibility index (Phi) is 4.86. The number of hydrogen-bond acceptors (Lipinski definition) is 2. The minimum Gasteiger partial charge on any atom is -0.497 e. The molecule has 1 N–H and O–H groups in total. The van der Waals surface area contributed by atoms with Crippen LogP contribution >= 0.6 is 11.6 Å². The fraction of sp³-hybridized carbons (Fsp3) is 0.333. The van der Waals surface area contributed by atoms with E-state index in [1.54, 1.807) is 12.0 Å². The van der Waals surface area contributed by atoms with E-state index in [4.69, 9.17) is 16.3 Å². The lowest BCUT2D eigenvalue weighted by Crippen LogP contribution is -3.13. The van der Waals surface area contributed by atoms with E-state index in [-0.39, 0.29) is 0 Å². The lowest BCUT2D eigenvalue weighted by Gasteiger charge is -2.33. The molecule has 0 aliphatic carbocycles. The first-order chi connectivity index (χ1) is 10.7. The van der Waals surface area contributed by atoms with Crippen molar-refractivity contribution in [1.82, 2.24) is 0 Å². The molecule has 1 saturated heterocycles. The Morgan fingerprint density at radius 2 is 1.82 bits per heavy atom. The van der Waals surface area contributed by atoms with Gasteiger partial charge in [-0.2, -0.15) is 0 Å². The highest BCUT2D eigenvalue weighted by molar-refractivity contribution is 6.30. The van der Waals surface area contributed by atoms with E-state index in [1.807, 2.05) is 18.2 Å². The smallest absolute Gasteiger partial charge is 0.120 e. The molecule has 3 rings (SSSR count). The van der Waals surface area contributed by atoms with Crippen LogP contribution in [0.2, 0.25) is 5.02 Å². The van der Waals surface area contributed by atoms with Gasteiger partial charge >= 0.3 is 0 Å². The third-order valence-electron chi connectivity index (χ3n) is 4.26. The molecule has 0 saturated carbocycles. The molecule has 1 fully saturated rings. The molecule has 116 valence electrons. The highest BCUT2D eigenvalue weighted by atomic mass is 35.5. The molecular formula is C18H22ClN2O+. The van der Waals surface area contributed by atoms with Crippen molar-refractivity contribution in [1.29, 1.82) is 0 Å². The van der Waals surface area contributed by atoms with Crippen LogP contribution in [-0.2, 0) is 6.54 Å². The molecule has 2 aromatic rings. The fourth-order valence-corrected chi connectivity index (χ4v) is 3.08. The Labute approximate surface area is 137 Å². The first kappa shape index (κ1) is 15.2.